The molecule has 3 amide bonds. The first-order chi connectivity index (χ1) is 12.5. The van der Waals surface area contributed by atoms with Gasteiger partial charge < -0.3 is 15.5 Å². The highest BCUT2D eigenvalue weighted by atomic mass is 32.1. The fraction of sp³-hybridized carbons (Fsp3) is 0.316. The molecule has 0 saturated carbocycles. The molecule has 1 heterocycles. The lowest BCUT2D eigenvalue weighted by Crippen LogP contribution is -2.37. The van der Waals surface area contributed by atoms with Gasteiger partial charge in [0.25, 0.3) is 5.91 Å². The van der Waals surface area contributed by atoms with Crippen molar-refractivity contribution in [3.8, 4) is 0 Å². The quantitative estimate of drug-likeness (QED) is 0.746. The summed E-state index contributed by atoms with van der Waals surface area (Å²) in [6.07, 6.45) is 0.960. The van der Waals surface area contributed by atoms with Gasteiger partial charge in [-0.2, -0.15) is 0 Å². The summed E-state index contributed by atoms with van der Waals surface area (Å²) in [6.45, 7) is 2.22. The maximum atomic E-state index is 12.2. The van der Waals surface area contributed by atoms with Gasteiger partial charge in [-0.15, -0.1) is 11.3 Å². The molecule has 1 aromatic carbocycles. The molecule has 2 N–H and O–H groups in total. The Morgan fingerprint density at radius 3 is 2.58 bits per heavy atom. The smallest absolute Gasteiger partial charge is 0.261 e. The summed E-state index contributed by atoms with van der Waals surface area (Å²) >= 11 is 1.35. The number of thiophene rings is 1. The molecule has 0 spiro atoms. The van der Waals surface area contributed by atoms with E-state index in [-0.39, 0.29) is 37.2 Å². The second kappa shape index (κ2) is 9.72. The van der Waals surface area contributed by atoms with Crippen molar-refractivity contribution in [1.82, 2.24) is 10.2 Å². The van der Waals surface area contributed by atoms with Gasteiger partial charge in [0.15, 0.2) is 0 Å². The van der Waals surface area contributed by atoms with E-state index in [2.05, 4.69) is 10.6 Å². The van der Waals surface area contributed by atoms with Crippen molar-refractivity contribution in [3.05, 3.63) is 52.2 Å². The van der Waals surface area contributed by atoms with Crippen molar-refractivity contribution < 1.29 is 14.4 Å². The molecule has 0 fully saturated rings. The molecule has 26 heavy (non-hydrogen) atoms. The van der Waals surface area contributed by atoms with Gasteiger partial charge in [-0.05, 0) is 29.5 Å². The maximum absolute atomic E-state index is 12.2. The van der Waals surface area contributed by atoms with E-state index >= 15 is 0 Å². The molecule has 7 heteroatoms. The van der Waals surface area contributed by atoms with Crippen LogP contribution in [0.4, 0.5) is 5.69 Å². The zero-order chi connectivity index (χ0) is 18.9. The third-order valence-corrected chi connectivity index (χ3v) is 4.72. The number of nitrogens with zero attached hydrogens (tertiary/aromatic N) is 1. The van der Waals surface area contributed by atoms with Gasteiger partial charge in [-0.1, -0.05) is 31.2 Å². The van der Waals surface area contributed by atoms with Crippen molar-refractivity contribution in [1.29, 1.82) is 0 Å². The van der Waals surface area contributed by atoms with Crippen LogP contribution >= 0.6 is 11.3 Å². The molecule has 1 aromatic heterocycles. The monoisotopic (exact) mass is 373 g/mol. The number of hydrogen-bond acceptors (Lipinski definition) is 4. The average Bonchev–Trinajstić information content (AvgIpc) is 3.16. The lowest BCUT2D eigenvalue weighted by Gasteiger charge is -2.17. The Balaban J connectivity index is 1.75. The van der Waals surface area contributed by atoms with Crippen LogP contribution in [-0.4, -0.2) is 42.8 Å². The van der Waals surface area contributed by atoms with Gasteiger partial charge in [-0.3, -0.25) is 14.4 Å². The highest BCUT2D eigenvalue weighted by Crippen LogP contribution is 2.15. The summed E-state index contributed by atoms with van der Waals surface area (Å²) in [6, 6.07) is 11.1. The van der Waals surface area contributed by atoms with Gasteiger partial charge in [0, 0.05) is 25.7 Å². The Morgan fingerprint density at radius 1 is 1.12 bits per heavy atom. The van der Waals surface area contributed by atoms with Gasteiger partial charge in [0.05, 0.1) is 11.4 Å². The molecule has 2 rings (SSSR count). The number of amides is 3. The van der Waals surface area contributed by atoms with Gasteiger partial charge >= 0.3 is 0 Å². The second-order valence-electron chi connectivity index (χ2n) is 5.79. The van der Waals surface area contributed by atoms with Crippen LogP contribution in [0.2, 0.25) is 0 Å². The molecular formula is C19H23N3O3S. The SMILES string of the molecule is CCc1ccccc1NC(=O)CN(C)C(=O)CCNC(=O)c1cccs1. The molecule has 0 aliphatic carbocycles. The zero-order valence-corrected chi connectivity index (χ0v) is 15.8. The maximum Gasteiger partial charge on any atom is 0.261 e. The second-order valence-corrected chi connectivity index (χ2v) is 6.74. The Bertz CT molecular complexity index is 759. The lowest BCUT2D eigenvalue weighted by atomic mass is 10.1. The Kier molecular flexibility index (Phi) is 7.35. The third kappa shape index (κ3) is 5.70. The first-order valence-corrected chi connectivity index (χ1v) is 9.32. The molecule has 0 radical (unpaired) electrons. The summed E-state index contributed by atoms with van der Waals surface area (Å²) < 4.78 is 0. The molecule has 6 nitrogen and oxygen atoms in total. The standard InChI is InChI=1S/C19H23N3O3S/c1-3-14-7-4-5-8-15(14)21-17(23)13-22(2)18(24)10-11-20-19(25)16-9-6-12-26-16/h4-9,12H,3,10-11,13H2,1-2H3,(H,20,25)(H,21,23). The average molecular weight is 373 g/mol. The summed E-state index contributed by atoms with van der Waals surface area (Å²) in [4.78, 5) is 38.1. The first-order valence-electron chi connectivity index (χ1n) is 8.44. The molecule has 0 unspecified atom stereocenters. The van der Waals surface area contributed by atoms with Crippen LogP contribution in [0, 0.1) is 0 Å². The minimum absolute atomic E-state index is 0.0320. The van der Waals surface area contributed by atoms with Crippen LogP contribution in [0.1, 0.15) is 28.6 Å². The van der Waals surface area contributed by atoms with Crippen LogP contribution in [0.5, 0.6) is 0 Å². The summed E-state index contributed by atoms with van der Waals surface area (Å²) in [5.74, 6) is -0.635. The van der Waals surface area contributed by atoms with Crippen molar-refractivity contribution >= 4 is 34.7 Å². The van der Waals surface area contributed by atoms with Crippen molar-refractivity contribution in [3.63, 3.8) is 0 Å². The summed E-state index contributed by atoms with van der Waals surface area (Å²) in [5.41, 5.74) is 1.81. The number of anilines is 1. The van der Waals surface area contributed by atoms with E-state index < -0.39 is 0 Å². The van der Waals surface area contributed by atoms with Crippen LogP contribution in [-0.2, 0) is 16.0 Å². The first kappa shape index (κ1) is 19.7. The van der Waals surface area contributed by atoms with E-state index in [1.165, 1.54) is 16.2 Å². The number of nitrogens with one attached hydrogen (secondary N) is 2. The van der Waals surface area contributed by atoms with Crippen molar-refractivity contribution in [2.45, 2.75) is 19.8 Å². The van der Waals surface area contributed by atoms with Gasteiger partial charge in [-0.25, -0.2) is 0 Å². The summed E-state index contributed by atoms with van der Waals surface area (Å²) in [5, 5.41) is 7.36. The molecule has 0 saturated heterocycles. The molecule has 0 aliphatic rings. The molecule has 2 aromatic rings. The minimum atomic E-state index is -0.246. The predicted octanol–water partition coefficient (Wildman–Crippen LogP) is 2.53. The van der Waals surface area contributed by atoms with E-state index in [4.69, 9.17) is 0 Å². The normalized spacial score (nSPS) is 10.2. The highest BCUT2D eigenvalue weighted by Gasteiger charge is 2.14. The largest absolute Gasteiger partial charge is 0.351 e. The highest BCUT2D eigenvalue weighted by molar-refractivity contribution is 7.12. The van der Waals surface area contributed by atoms with Crippen LogP contribution in [0.25, 0.3) is 0 Å². The third-order valence-electron chi connectivity index (χ3n) is 3.85. The topological polar surface area (TPSA) is 78.5 Å². The van der Waals surface area contributed by atoms with E-state index in [1.54, 1.807) is 19.2 Å². The lowest BCUT2D eigenvalue weighted by molar-refractivity contribution is -0.133. The molecule has 0 atom stereocenters. The number of benzene rings is 1. The molecular weight excluding hydrogens is 350 g/mol. The number of aryl methyl sites for hydroxylation is 1. The molecule has 138 valence electrons. The minimum Gasteiger partial charge on any atom is -0.351 e. The number of rotatable bonds is 8. The predicted molar refractivity (Wildman–Crippen MR) is 103 cm³/mol. The van der Waals surface area contributed by atoms with E-state index in [0.29, 0.717) is 4.88 Å². The van der Waals surface area contributed by atoms with Crippen molar-refractivity contribution in [2.75, 3.05) is 25.5 Å². The number of para-hydroxylation sites is 1. The van der Waals surface area contributed by atoms with Crippen LogP contribution in [0.15, 0.2) is 41.8 Å². The number of carbonyl (C=O) groups is 3. The zero-order valence-electron chi connectivity index (χ0n) is 15.0. The fourth-order valence-corrected chi connectivity index (χ4v) is 3.05. The Morgan fingerprint density at radius 2 is 1.88 bits per heavy atom. The Labute approximate surface area is 157 Å². The van der Waals surface area contributed by atoms with E-state index in [1.807, 2.05) is 36.6 Å². The van der Waals surface area contributed by atoms with Crippen LogP contribution in [0.3, 0.4) is 0 Å². The summed E-state index contributed by atoms with van der Waals surface area (Å²) in [7, 11) is 1.58. The van der Waals surface area contributed by atoms with E-state index in [0.717, 1.165) is 17.7 Å². The molecule has 0 bridgehead atoms. The van der Waals surface area contributed by atoms with Gasteiger partial charge in [0.1, 0.15) is 0 Å². The number of hydrogen-bond donors (Lipinski definition) is 2. The van der Waals surface area contributed by atoms with E-state index in [9.17, 15) is 14.4 Å². The molecule has 0 aliphatic heterocycles. The number of carbonyl (C=O) groups excluding carboxylic acids is 3. The van der Waals surface area contributed by atoms with Gasteiger partial charge in [0.2, 0.25) is 11.8 Å². The van der Waals surface area contributed by atoms with Crippen molar-refractivity contribution in [2.24, 2.45) is 0 Å². The number of likely N-dealkylation sites (N-methyl/N-ethyl adjacent to an activating group) is 1. The van der Waals surface area contributed by atoms with Crippen LogP contribution < -0.4 is 10.6 Å². The Hall–Kier alpha value is -2.67. The fourth-order valence-electron chi connectivity index (χ4n) is 2.41.